The average molecular weight is 601 g/mol. The van der Waals surface area contributed by atoms with Crippen molar-refractivity contribution >= 4 is 18.0 Å². The van der Waals surface area contributed by atoms with E-state index in [1.807, 2.05) is 30.3 Å². The molecule has 0 radical (unpaired) electrons. The van der Waals surface area contributed by atoms with Crippen LogP contribution in [0.2, 0.25) is 0 Å². The van der Waals surface area contributed by atoms with E-state index >= 15 is 0 Å². The van der Waals surface area contributed by atoms with E-state index in [4.69, 9.17) is 0 Å². The van der Waals surface area contributed by atoms with Crippen molar-refractivity contribution in [3.05, 3.63) is 94.3 Å². The topological polar surface area (TPSA) is 144 Å². The van der Waals surface area contributed by atoms with Gasteiger partial charge in [-0.25, -0.2) is 9.59 Å². The van der Waals surface area contributed by atoms with Gasteiger partial charge in [0, 0.05) is 25.2 Å². The van der Waals surface area contributed by atoms with Gasteiger partial charge >= 0.3 is 18.2 Å². The summed E-state index contributed by atoms with van der Waals surface area (Å²) in [6.45, 7) is -0.0886. The van der Waals surface area contributed by atoms with Gasteiger partial charge in [-0.1, -0.05) is 42.5 Å². The van der Waals surface area contributed by atoms with Gasteiger partial charge in [-0.2, -0.15) is 13.2 Å². The molecule has 0 spiro atoms. The molecule has 1 aliphatic heterocycles. The highest BCUT2D eigenvalue weighted by Crippen LogP contribution is 2.46. The Morgan fingerprint density at radius 3 is 2.33 bits per heavy atom. The van der Waals surface area contributed by atoms with E-state index in [2.05, 4.69) is 10.6 Å². The zero-order valence-corrected chi connectivity index (χ0v) is 23.0. The highest BCUT2D eigenvalue weighted by atomic mass is 19.4. The Kier molecular flexibility index (Phi) is 8.21. The van der Waals surface area contributed by atoms with Crippen molar-refractivity contribution in [1.29, 1.82) is 0 Å². The maximum Gasteiger partial charge on any atom is 0.416 e. The molecule has 10 nitrogen and oxygen atoms in total. The van der Waals surface area contributed by atoms with Crippen LogP contribution in [0.15, 0.2) is 60.7 Å². The quantitative estimate of drug-likeness (QED) is 0.239. The average Bonchev–Trinajstić information content (AvgIpc) is 3.67. The molecule has 2 heterocycles. The molecular formula is C30H31F3N4O6. The van der Waals surface area contributed by atoms with Crippen molar-refractivity contribution in [3.63, 3.8) is 0 Å². The van der Waals surface area contributed by atoms with E-state index in [1.165, 1.54) is 16.7 Å². The molecule has 3 aromatic rings. The zero-order valence-electron chi connectivity index (χ0n) is 23.0. The summed E-state index contributed by atoms with van der Waals surface area (Å²) >= 11 is 0. The van der Waals surface area contributed by atoms with Crippen LogP contribution in [-0.4, -0.2) is 68.0 Å². The molecule has 0 bridgehead atoms. The van der Waals surface area contributed by atoms with Crippen LogP contribution in [0, 0.1) is 0 Å². The molecule has 5 rings (SSSR count). The first kappa shape index (κ1) is 30.1. The predicted octanol–water partition coefficient (Wildman–Crippen LogP) is 3.68. The second-order valence-electron chi connectivity index (χ2n) is 10.9. The minimum absolute atomic E-state index is 0.0262. The fourth-order valence-electron chi connectivity index (χ4n) is 5.55. The van der Waals surface area contributed by atoms with Crippen molar-refractivity contribution < 1.29 is 42.9 Å². The summed E-state index contributed by atoms with van der Waals surface area (Å²) in [5, 5.41) is 36.4. The molecule has 2 atom stereocenters. The van der Waals surface area contributed by atoms with Crippen molar-refractivity contribution in [2.45, 2.75) is 56.2 Å². The summed E-state index contributed by atoms with van der Waals surface area (Å²) < 4.78 is 41.4. The molecule has 0 unspecified atom stereocenters. The number of halogens is 3. The number of nitrogens with one attached hydrogen (secondary N) is 2. The molecule has 43 heavy (non-hydrogen) atoms. The maximum absolute atomic E-state index is 13.5. The third-order valence-electron chi connectivity index (χ3n) is 8.10. The van der Waals surface area contributed by atoms with Crippen molar-refractivity contribution in [2.75, 3.05) is 13.1 Å². The molecule has 2 amide bonds. The number of carboxylic acids is 1. The van der Waals surface area contributed by atoms with Gasteiger partial charge in [0.2, 0.25) is 0 Å². The number of aromatic carboxylic acids is 1. The van der Waals surface area contributed by atoms with Gasteiger partial charge in [-0.3, -0.25) is 4.79 Å². The first-order valence-electron chi connectivity index (χ1n) is 13.8. The van der Waals surface area contributed by atoms with Gasteiger partial charge in [0.25, 0.3) is 5.91 Å². The number of amides is 2. The van der Waals surface area contributed by atoms with Crippen LogP contribution in [0.4, 0.5) is 18.0 Å². The minimum Gasteiger partial charge on any atom is -0.478 e. The van der Waals surface area contributed by atoms with Gasteiger partial charge in [0.15, 0.2) is 0 Å². The number of aliphatic hydroxyl groups is 1. The summed E-state index contributed by atoms with van der Waals surface area (Å²) in [6, 6.07) is 14.5. The largest absolute Gasteiger partial charge is 0.478 e. The summed E-state index contributed by atoms with van der Waals surface area (Å²) in [6.07, 6.45) is -5.47. The summed E-state index contributed by atoms with van der Waals surface area (Å²) in [4.78, 5) is 38.0. The second kappa shape index (κ2) is 11.7. The molecular weight excluding hydrogens is 569 g/mol. The number of aromatic nitrogens is 1. The third-order valence-corrected chi connectivity index (χ3v) is 8.10. The van der Waals surface area contributed by atoms with Crippen LogP contribution in [0.3, 0.4) is 0 Å². The second-order valence-corrected chi connectivity index (χ2v) is 10.9. The van der Waals surface area contributed by atoms with Gasteiger partial charge < -0.3 is 35.4 Å². The summed E-state index contributed by atoms with van der Waals surface area (Å²) in [5.41, 5.74) is -0.175. The van der Waals surface area contributed by atoms with Crippen LogP contribution in [-0.2, 0) is 31.2 Å². The molecule has 1 aromatic heterocycles. The molecule has 0 saturated heterocycles. The molecule has 2 aromatic carbocycles. The smallest absolute Gasteiger partial charge is 0.416 e. The Morgan fingerprint density at radius 1 is 0.977 bits per heavy atom. The first-order chi connectivity index (χ1) is 20.4. The highest BCUT2D eigenvalue weighted by Gasteiger charge is 2.45. The third kappa shape index (κ3) is 6.52. The Balaban J connectivity index is 1.36. The number of benzene rings is 2. The van der Waals surface area contributed by atoms with Crippen molar-refractivity contribution in [3.8, 4) is 0 Å². The van der Waals surface area contributed by atoms with E-state index in [9.17, 15) is 42.9 Å². The zero-order chi connectivity index (χ0) is 30.9. The number of hydrogen-bond donors (Lipinski definition) is 5. The lowest BCUT2D eigenvalue weighted by molar-refractivity contribution is -0.137. The lowest BCUT2D eigenvalue weighted by atomic mass is 9.98. The molecule has 13 heteroatoms. The summed E-state index contributed by atoms with van der Waals surface area (Å²) in [5.74, 6) is -1.94. The number of alkyl halides is 3. The first-order valence-corrected chi connectivity index (χ1v) is 13.8. The van der Waals surface area contributed by atoms with Gasteiger partial charge in [0.1, 0.15) is 5.69 Å². The normalized spacial score (nSPS) is 17.1. The lowest BCUT2D eigenvalue weighted by Crippen LogP contribution is -2.50. The number of rotatable bonds is 10. The van der Waals surface area contributed by atoms with E-state index < -0.39 is 47.4 Å². The fourth-order valence-corrected chi connectivity index (χ4v) is 5.55. The van der Waals surface area contributed by atoms with Crippen LogP contribution in [0.25, 0.3) is 0 Å². The summed E-state index contributed by atoms with van der Waals surface area (Å²) in [7, 11) is 0. The number of carbonyl (C=O) groups excluding carboxylic acids is 1. The highest BCUT2D eigenvalue weighted by molar-refractivity contribution is 5.98. The molecule has 5 N–H and O–H groups in total. The van der Waals surface area contributed by atoms with Crippen molar-refractivity contribution in [2.24, 2.45) is 0 Å². The standard InChI is InChI=1S/C30H31F3N4O6/c31-30(32,33)20-8-4-7-19(14-20)29(9-10-29)34-16-25(38)22(13-18-5-2-1-3-6-18)35-26(39)23-15-21(27(40)41)24-17-36(28(42)43)11-12-37(23)24/h1-8,14-15,22,25,34,38H,9-13,16-17H2,(H,35,39)(H,40,41)(H,42,43)/t22-,25+/m0/s1. The van der Waals surface area contributed by atoms with E-state index in [-0.39, 0.29) is 49.6 Å². The SMILES string of the molecule is O=C(O)c1cc(C(=O)N[C@@H](Cc2ccccc2)[C@H](O)CNC2(c3cccc(C(F)(F)F)c3)CC2)n2c1CN(C(=O)O)CC2. The van der Waals surface area contributed by atoms with Gasteiger partial charge in [-0.15, -0.1) is 0 Å². The number of carboxylic acid groups (broad SMARTS) is 2. The van der Waals surface area contributed by atoms with E-state index in [0.29, 0.717) is 18.4 Å². The Hall–Kier alpha value is -4.36. The van der Waals surface area contributed by atoms with Gasteiger partial charge in [0.05, 0.1) is 35.5 Å². The molecule has 1 fully saturated rings. The molecule has 1 aliphatic carbocycles. The monoisotopic (exact) mass is 600 g/mol. The van der Waals surface area contributed by atoms with Crippen LogP contribution in [0.5, 0.6) is 0 Å². The number of hydrogen-bond acceptors (Lipinski definition) is 5. The molecule has 2 aliphatic rings. The van der Waals surface area contributed by atoms with Crippen LogP contribution >= 0.6 is 0 Å². The van der Waals surface area contributed by atoms with Crippen molar-refractivity contribution in [1.82, 2.24) is 20.1 Å². The molecule has 228 valence electrons. The Bertz CT molecular complexity index is 1520. The minimum atomic E-state index is -4.49. The lowest BCUT2D eigenvalue weighted by Gasteiger charge is -2.29. The fraction of sp³-hybridized carbons (Fsp3) is 0.367. The van der Waals surface area contributed by atoms with E-state index in [0.717, 1.165) is 22.6 Å². The molecule has 1 saturated carbocycles. The predicted molar refractivity (Wildman–Crippen MR) is 148 cm³/mol. The number of nitrogens with zero attached hydrogens (tertiary/aromatic N) is 2. The number of carbonyl (C=O) groups is 3. The Morgan fingerprint density at radius 2 is 1.70 bits per heavy atom. The van der Waals surface area contributed by atoms with Gasteiger partial charge in [-0.05, 0) is 48.6 Å². The van der Waals surface area contributed by atoms with Crippen LogP contribution in [0.1, 0.15) is 56.1 Å². The number of fused-ring (bicyclic) bond motifs is 1. The van der Waals surface area contributed by atoms with Crippen LogP contribution < -0.4 is 10.6 Å². The van der Waals surface area contributed by atoms with E-state index in [1.54, 1.807) is 6.07 Å². The Labute approximate surface area is 244 Å². The number of aliphatic hydroxyl groups excluding tert-OH is 1. The maximum atomic E-state index is 13.5.